The zero-order valence-corrected chi connectivity index (χ0v) is 20.9. The van der Waals surface area contributed by atoms with E-state index in [4.69, 9.17) is 0 Å². The molecule has 0 amide bonds. The SMILES string of the molecule is CC(C)(C)c1ccc[nH]c1=O.CC(C)(C)c1ccccc1.CC(C)(C)c1ccccc1. The summed E-state index contributed by atoms with van der Waals surface area (Å²) in [5.74, 6) is 0. The molecule has 0 bridgehead atoms. The number of H-pyrrole nitrogens is 1. The fraction of sp³-hybridized carbons (Fsp3) is 0.414. The molecule has 0 radical (unpaired) electrons. The molecule has 0 saturated carbocycles. The van der Waals surface area contributed by atoms with E-state index in [0.717, 1.165) is 5.56 Å². The van der Waals surface area contributed by atoms with E-state index in [0.29, 0.717) is 10.8 Å². The number of nitrogens with one attached hydrogen (secondary N) is 1. The van der Waals surface area contributed by atoms with Crippen LogP contribution >= 0.6 is 0 Å². The van der Waals surface area contributed by atoms with Gasteiger partial charge in [0.15, 0.2) is 0 Å². The quantitative estimate of drug-likeness (QED) is 0.399. The third-order valence-electron chi connectivity index (χ3n) is 4.91. The molecular weight excluding hydrogens is 378 g/mol. The van der Waals surface area contributed by atoms with Gasteiger partial charge in [-0.05, 0) is 33.4 Å². The average Bonchev–Trinajstić information content (AvgIpc) is 2.69. The normalized spacial score (nSPS) is 11.5. The largest absolute Gasteiger partial charge is 0.329 e. The van der Waals surface area contributed by atoms with Gasteiger partial charge < -0.3 is 4.98 Å². The molecule has 0 spiro atoms. The molecular formula is C29H41NO. The van der Waals surface area contributed by atoms with Crippen LogP contribution in [0.2, 0.25) is 0 Å². The van der Waals surface area contributed by atoms with Crippen LogP contribution in [-0.2, 0) is 16.2 Å². The van der Waals surface area contributed by atoms with Crippen LogP contribution in [0.4, 0.5) is 0 Å². The molecule has 0 aliphatic carbocycles. The first-order valence-electron chi connectivity index (χ1n) is 11.0. The Bertz CT molecular complexity index is 885. The van der Waals surface area contributed by atoms with Crippen molar-refractivity contribution in [3.63, 3.8) is 0 Å². The minimum absolute atomic E-state index is 0.0139. The summed E-state index contributed by atoms with van der Waals surface area (Å²) in [6.07, 6.45) is 1.65. The second-order valence-corrected chi connectivity index (χ2v) is 10.9. The molecule has 3 rings (SSSR count). The molecule has 0 aliphatic heterocycles. The van der Waals surface area contributed by atoms with E-state index in [2.05, 4.69) is 107 Å². The summed E-state index contributed by atoms with van der Waals surface area (Å²) in [5, 5.41) is 0. The first kappa shape index (κ1) is 26.4. The van der Waals surface area contributed by atoms with Gasteiger partial charge in [-0.3, -0.25) is 4.79 Å². The molecule has 0 saturated heterocycles. The number of pyridine rings is 1. The molecule has 1 N–H and O–H groups in total. The van der Waals surface area contributed by atoms with Gasteiger partial charge in [-0.1, -0.05) is 129 Å². The second-order valence-electron chi connectivity index (χ2n) is 10.9. The molecule has 31 heavy (non-hydrogen) atoms. The highest BCUT2D eigenvalue weighted by atomic mass is 16.1. The van der Waals surface area contributed by atoms with Gasteiger partial charge in [0.1, 0.15) is 0 Å². The Hall–Kier alpha value is -2.61. The minimum atomic E-state index is -0.0607. The molecule has 0 unspecified atom stereocenters. The fourth-order valence-electron chi connectivity index (χ4n) is 2.89. The highest BCUT2D eigenvalue weighted by Crippen LogP contribution is 2.21. The van der Waals surface area contributed by atoms with E-state index in [1.165, 1.54) is 11.1 Å². The monoisotopic (exact) mass is 419 g/mol. The summed E-state index contributed by atoms with van der Waals surface area (Å²) in [4.78, 5) is 13.9. The van der Waals surface area contributed by atoms with Crippen molar-refractivity contribution >= 4 is 0 Å². The Kier molecular flexibility index (Phi) is 9.49. The van der Waals surface area contributed by atoms with Gasteiger partial charge in [0, 0.05) is 11.8 Å². The summed E-state index contributed by atoms with van der Waals surface area (Å²) in [7, 11) is 0. The number of aromatic amines is 1. The van der Waals surface area contributed by atoms with Gasteiger partial charge in [-0.2, -0.15) is 0 Å². The van der Waals surface area contributed by atoms with Gasteiger partial charge in [0.25, 0.3) is 5.56 Å². The van der Waals surface area contributed by atoms with Crippen LogP contribution in [0.3, 0.4) is 0 Å². The zero-order valence-electron chi connectivity index (χ0n) is 20.9. The lowest BCUT2D eigenvalue weighted by Crippen LogP contribution is -2.23. The third kappa shape index (κ3) is 9.83. The van der Waals surface area contributed by atoms with Crippen LogP contribution < -0.4 is 5.56 Å². The third-order valence-corrected chi connectivity index (χ3v) is 4.91. The fourth-order valence-corrected chi connectivity index (χ4v) is 2.89. The Balaban J connectivity index is 0.000000233. The van der Waals surface area contributed by atoms with Gasteiger partial charge in [0.05, 0.1) is 0 Å². The lowest BCUT2D eigenvalue weighted by Gasteiger charge is -2.18. The molecule has 0 fully saturated rings. The zero-order chi connectivity index (χ0) is 23.7. The predicted molar refractivity (Wildman–Crippen MR) is 136 cm³/mol. The number of hydrogen-bond acceptors (Lipinski definition) is 1. The molecule has 3 aromatic rings. The molecule has 0 aliphatic rings. The van der Waals surface area contributed by atoms with Gasteiger partial charge in [-0.15, -0.1) is 0 Å². The van der Waals surface area contributed by atoms with E-state index in [1.54, 1.807) is 6.20 Å². The van der Waals surface area contributed by atoms with Crippen LogP contribution in [-0.4, -0.2) is 4.98 Å². The highest BCUT2D eigenvalue weighted by Gasteiger charge is 2.16. The number of aromatic nitrogens is 1. The molecule has 168 valence electrons. The number of benzene rings is 2. The summed E-state index contributed by atoms with van der Waals surface area (Å²) in [5.41, 5.74) is 4.17. The van der Waals surface area contributed by atoms with Crippen molar-refractivity contribution in [3.05, 3.63) is 106 Å². The van der Waals surface area contributed by atoms with E-state index in [1.807, 2.05) is 32.9 Å². The maximum absolute atomic E-state index is 11.2. The minimum Gasteiger partial charge on any atom is -0.329 e. The second kappa shape index (κ2) is 11.1. The average molecular weight is 420 g/mol. The first-order valence-corrected chi connectivity index (χ1v) is 11.0. The smallest absolute Gasteiger partial charge is 0.251 e. The Morgan fingerprint density at radius 3 is 1.13 bits per heavy atom. The van der Waals surface area contributed by atoms with Gasteiger partial charge >= 0.3 is 0 Å². The van der Waals surface area contributed by atoms with Crippen molar-refractivity contribution in [2.45, 2.75) is 78.6 Å². The van der Waals surface area contributed by atoms with E-state index >= 15 is 0 Å². The van der Waals surface area contributed by atoms with E-state index < -0.39 is 0 Å². The highest BCUT2D eigenvalue weighted by molar-refractivity contribution is 5.23. The van der Waals surface area contributed by atoms with E-state index in [9.17, 15) is 4.79 Å². The molecule has 2 nitrogen and oxygen atoms in total. The van der Waals surface area contributed by atoms with Crippen LogP contribution in [0.1, 0.15) is 79.0 Å². The standard InChI is InChI=1S/2C10H14.C9H13NO/c2*1-10(2,3)9-7-5-4-6-8-9;1-9(2,3)7-5-4-6-10-8(7)11/h2*4-8H,1-3H3;4-6H,1-3H3,(H,10,11). The molecule has 1 aromatic heterocycles. The summed E-state index contributed by atoms with van der Waals surface area (Å²) in [6.45, 7) is 19.4. The van der Waals surface area contributed by atoms with Crippen molar-refractivity contribution in [3.8, 4) is 0 Å². The van der Waals surface area contributed by atoms with Crippen LogP contribution in [0.5, 0.6) is 0 Å². The van der Waals surface area contributed by atoms with Crippen LogP contribution in [0, 0.1) is 0 Å². The van der Waals surface area contributed by atoms with Gasteiger partial charge in [-0.25, -0.2) is 0 Å². The summed E-state index contributed by atoms with van der Waals surface area (Å²) >= 11 is 0. The van der Waals surface area contributed by atoms with Crippen molar-refractivity contribution in [2.75, 3.05) is 0 Å². The lowest BCUT2D eigenvalue weighted by molar-refractivity contribution is 0.581. The Morgan fingerprint density at radius 2 is 0.903 bits per heavy atom. The van der Waals surface area contributed by atoms with Crippen LogP contribution in [0.15, 0.2) is 83.8 Å². The van der Waals surface area contributed by atoms with Crippen molar-refractivity contribution in [2.24, 2.45) is 0 Å². The summed E-state index contributed by atoms with van der Waals surface area (Å²) in [6, 6.07) is 24.8. The maximum atomic E-state index is 11.2. The summed E-state index contributed by atoms with van der Waals surface area (Å²) < 4.78 is 0. The molecule has 0 atom stereocenters. The molecule has 2 heteroatoms. The van der Waals surface area contributed by atoms with Crippen molar-refractivity contribution < 1.29 is 0 Å². The van der Waals surface area contributed by atoms with Crippen LogP contribution in [0.25, 0.3) is 0 Å². The van der Waals surface area contributed by atoms with Crippen molar-refractivity contribution in [1.82, 2.24) is 4.98 Å². The first-order chi connectivity index (χ1) is 14.2. The number of hydrogen-bond donors (Lipinski definition) is 1. The molecule has 2 aromatic carbocycles. The van der Waals surface area contributed by atoms with Crippen molar-refractivity contribution in [1.29, 1.82) is 0 Å². The van der Waals surface area contributed by atoms with E-state index in [-0.39, 0.29) is 11.0 Å². The topological polar surface area (TPSA) is 32.9 Å². The van der Waals surface area contributed by atoms with Gasteiger partial charge in [0.2, 0.25) is 0 Å². The maximum Gasteiger partial charge on any atom is 0.251 e. The Morgan fingerprint density at radius 1 is 0.516 bits per heavy atom. The molecule has 1 heterocycles. The number of rotatable bonds is 0. The lowest BCUT2D eigenvalue weighted by atomic mass is 9.87. The predicted octanol–water partition coefficient (Wildman–Crippen LogP) is 7.64. The Labute approximate surface area is 189 Å².